The SMILES string of the molecule is CCOc1cc(C(=O)Nc2ccc(CCO)cc2)ccc1OCc1cccnc1. The van der Waals surface area contributed by atoms with Gasteiger partial charge in [0.05, 0.1) is 6.61 Å². The van der Waals surface area contributed by atoms with Gasteiger partial charge in [-0.15, -0.1) is 0 Å². The summed E-state index contributed by atoms with van der Waals surface area (Å²) in [4.78, 5) is 16.7. The van der Waals surface area contributed by atoms with E-state index in [0.29, 0.717) is 42.4 Å². The third-order valence-electron chi connectivity index (χ3n) is 4.24. The first-order valence-electron chi connectivity index (χ1n) is 9.49. The lowest BCUT2D eigenvalue weighted by molar-refractivity contribution is 0.102. The molecule has 1 aromatic heterocycles. The second-order valence-electron chi connectivity index (χ2n) is 6.37. The summed E-state index contributed by atoms with van der Waals surface area (Å²) in [5.41, 5.74) is 3.12. The Morgan fingerprint density at radius 3 is 2.55 bits per heavy atom. The Bertz CT molecular complexity index is 927. The zero-order valence-corrected chi connectivity index (χ0v) is 16.3. The van der Waals surface area contributed by atoms with E-state index in [2.05, 4.69) is 10.3 Å². The minimum atomic E-state index is -0.236. The van der Waals surface area contributed by atoms with Crippen LogP contribution in [0.2, 0.25) is 0 Å². The van der Waals surface area contributed by atoms with Gasteiger partial charge >= 0.3 is 0 Å². The monoisotopic (exact) mass is 392 g/mol. The maximum Gasteiger partial charge on any atom is 0.255 e. The number of carbonyl (C=O) groups is 1. The summed E-state index contributed by atoms with van der Waals surface area (Å²) in [5.74, 6) is 0.850. The van der Waals surface area contributed by atoms with Gasteiger partial charge in [0, 0.05) is 35.8 Å². The van der Waals surface area contributed by atoms with Gasteiger partial charge in [0.15, 0.2) is 11.5 Å². The number of hydrogen-bond acceptors (Lipinski definition) is 5. The minimum Gasteiger partial charge on any atom is -0.490 e. The van der Waals surface area contributed by atoms with Crippen LogP contribution in [0.5, 0.6) is 11.5 Å². The molecule has 2 N–H and O–H groups in total. The molecule has 150 valence electrons. The predicted octanol–water partition coefficient (Wildman–Crippen LogP) is 3.85. The third-order valence-corrected chi connectivity index (χ3v) is 4.24. The van der Waals surface area contributed by atoms with Crippen molar-refractivity contribution < 1.29 is 19.4 Å². The number of rotatable bonds is 9. The molecule has 0 aliphatic heterocycles. The van der Waals surface area contributed by atoms with Crippen LogP contribution in [0.15, 0.2) is 67.0 Å². The zero-order valence-electron chi connectivity index (χ0n) is 16.3. The average Bonchev–Trinajstić information content (AvgIpc) is 2.75. The quantitative estimate of drug-likeness (QED) is 0.578. The van der Waals surface area contributed by atoms with Gasteiger partial charge in [0.1, 0.15) is 6.61 Å². The summed E-state index contributed by atoms with van der Waals surface area (Å²) in [7, 11) is 0. The van der Waals surface area contributed by atoms with Crippen molar-refractivity contribution in [2.75, 3.05) is 18.5 Å². The number of pyridine rings is 1. The van der Waals surface area contributed by atoms with Crippen LogP contribution in [0.3, 0.4) is 0 Å². The van der Waals surface area contributed by atoms with Crippen molar-refractivity contribution in [3.8, 4) is 11.5 Å². The molecule has 0 bridgehead atoms. The highest BCUT2D eigenvalue weighted by molar-refractivity contribution is 6.04. The Morgan fingerprint density at radius 2 is 1.86 bits per heavy atom. The van der Waals surface area contributed by atoms with E-state index < -0.39 is 0 Å². The van der Waals surface area contributed by atoms with Crippen molar-refractivity contribution in [2.24, 2.45) is 0 Å². The summed E-state index contributed by atoms with van der Waals surface area (Å²) in [5, 5.41) is 11.9. The summed E-state index contributed by atoms with van der Waals surface area (Å²) in [6.45, 7) is 2.80. The lowest BCUT2D eigenvalue weighted by Gasteiger charge is -2.13. The molecule has 0 unspecified atom stereocenters. The van der Waals surface area contributed by atoms with Crippen LogP contribution < -0.4 is 14.8 Å². The van der Waals surface area contributed by atoms with Gasteiger partial charge in [-0.25, -0.2) is 0 Å². The number of aromatic nitrogens is 1. The van der Waals surface area contributed by atoms with E-state index in [1.807, 2.05) is 43.3 Å². The number of carbonyl (C=O) groups excluding carboxylic acids is 1. The first-order valence-corrected chi connectivity index (χ1v) is 9.49. The maximum atomic E-state index is 12.6. The van der Waals surface area contributed by atoms with Crippen molar-refractivity contribution in [2.45, 2.75) is 20.0 Å². The van der Waals surface area contributed by atoms with Gasteiger partial charge < -0.3 is 19.9 Å². The molecule has 3 aromatic rings. The van der Waals surface area contributed by atoms with Crippen molar-refractivity contribution in [3.05, 3.63) is 83.7 Å². The number of nitrogens with one attached hydrogen (secondary N) is 1. The number of nitrogens with zero attached hydrogens (tertiary/aromatic N) is 1. The highest BCUT2D eigenvalue weighted by Gasteiger charge is 2.12. The summed E-state index contributed by atoms with van der Waals surface area (Å²) in [6.07, 6.45) is 4.04. The zero-order chi connectivity index (χ0) is 20.5. The molecule has 0 fully saturated rings. The second-order valence-corrected chi connectivity index (χ2v) is 6.37. The molecule has 0 radical (unpaired) electrons. The molecule has 29 heavy (non-hydrogen) atoms. The summed E-state index contributed by atoms with van der Waals surface area (Å²) < 4.78 is 11.5. The molecule has 6 nitrogen and oxygen atoms in total. The molecule has 1 heterocycles. The molecule has 6 heteroatoms. The molecule has 2 aromatic carbocycles. The number of amides is 1. The molecule has 0 aliphatic carbocycles. The van der Waals surface area contributed by atoms with E-state index >= 15 is 0 Å². The van der Waals surface area contributed by atoms with Gasteiger partial charge in [-0.3, -0.25) is 9.78 Å². The Kier molecular flexibility index (Phi) is 7.19. The van der Waals surface area contributed by atoms with E-state index in [0.717, 1.165) is 11.1 Å². The molecule has 0 saturated carbocycles. The van der Waals surface area contributed by atoms with E-state index in [-0.39, 0.29) is 12.5 Å². The summed E-state index contributed by atoms with van der Waals surface area (Å²) >= 11 is 0. The van der Waals surface area contributed by atoms with Gasteiger partial charge in [-0.05, 0) is 55.3 Å². The number of aliphatic hydroxyl groups excluding tert-OH is 1. The molecule has 1 amide bonds. The Labute approximate surface area is 170 Å². The fraction of sp³-hybridized carbons (Fsp3) is 0.217. The van der Waals surface area contributed by atoms with E-state index in [4.69, 9.17) is 14.6 Å². The smallest absolute Gasteiger partial charge is 0.255 e. The van der Waals surface area contributed by atoms with Crippen LogP contribution in [-0.4, -0.2) is 29.2 Å². The number of aliphatic hydroxyl groups is 1. The first kappa shape index (κ1) is 20.4. The van der Waals surface area contributed by atoms with Gasteiger partial charge in [-0.1, -0.05) is 18.2 Å². The van der Waals surface area contributed by atoms with Crippen molar-refractivity contribution in [1.29, 1.82) is 0 Å². The number of anilines is 1. The molecule has 0 spiro atoms. The van der Waals surface area contributed by atoms with Crippen LogP contribution in [0.1, 0.15) is 28.4 Å². The number of benzene rings is 2. The van der Waals surface area contributed by atoms with Crippen molar-refractivity contribution in [3.63, 3.8) is 0 Å². The Balaban J connectivity index is 1.70. The standard InChI is InChI=1S/C23H24N2O4/c1-2-28-22-14-19(7-10-21(22)29-16-18-4-3-12-24-15-18)23(27)25-20-8-5-17(6-9-20)11-13-26/h3-10,12,14-15,26H,2,11,13,16H2,1H3,(H,25,27). The Hall–Kier alpha value is -3.38. The van der Waals surface area contributed by atoms with Crippen molar-refractivity contribution in [1.82, 2.24) is 4.98 Å². The third kappa shape index (κ3) is 5.80. The fourth-order valence-corrected chi connectivity index (χ4v) is 2.77. The van der Waals surface area contributed by atoms with Crippen LogP contribution in [-0.2, 0) is 13.0 Å². The van der Waals surface area contributed by atoms with Gasteiger partial charge in [0.2, 0.25) is 0 Å². The van der Waals surface area contributed by atoms with E-state index in [1.165, 1.54) is 0 Å². The normalized spacial score (nSPS) is 10.4. The van der Waals surface area contributed by atoms with Crippen LogP contribution in [0.4, 0.5) is 5.69 Å². The average molecular weight is 392 g/mol. The van der Waals surface area contributed by atoms with E-state index in [1.54, 1.807) is 30.6 Å². The van der Waals surface area contributed by atoms with Gasteiger partial charge in [-0.2, -0.15) is 0 Å². The molecule has 3 rings (SSSR count). The highest BCUT2D eigenvalue weighted by atomic mass is 16.5. The molecule has 0 saturated heterocycles. The van der Waals surface area contributed by atoms with Crippen LogP contribution in [0, 0.1) is 0 Å². The van der Waals surface area contributed by atoms with Crippen LogP contribution in [0.25, 0.3) is 0 Å². The number of ether oxygens (including phenoxy) is 2. The maximum absolute atomic E-state index is 12.6. The van der Waals surface area contributed by atoms with Crippen LogP contribution >= 0.6 is 0 Å². The predicted molar refractivity (Wildman–Crippen MR) is 111 cm³/mol. The molecular weight excluding hydrogens is 368 g/mol. The molecule has 0 atom stereocenters. The molecular formula is C23H24N2O4. The lowest BCUT2D eigenvalue weighted by atomic mass is 10.1. The minimum absolute atomic E-state index is 0.0983. The highest BCUT2D eigenvalue weighted by Crippen LogP contribution is 2.29. The molecule has 0 aliphatic rings. The lowest BCUT2D eigenvalue weighted by Crippen LogP contribution is -2.12. The largest absolute Gasteiger partial charge is 0.490 e. The fourth-order valence-electron chi connectivity index (χ4n) is 2.77. The van der Waals surface area contributed by atoms with Gasteiger partial charge in [0.25, 0.3) is 5.91 Å². The topological polar surface area (TPSA) is 80.7 Å². The summed E-state index contributed by atoms with van der Waals surface area (Å²) in [6, 6.07) is 16.3. The van der Waals surface area contributed by atoms with E-state index in [9.17, 15) is 4.79 Å². The number of hydrogen-bond donors (Lipinski definition) is 2. The Morgan fingerprint density at radius 1 is 1.03 bits per heavy atom. The van der Waals surface area contributed by atoms with Crippen molar-refractivity contribution >= 4 is 11.6 Å². The first-order chi connectivity index (χ1) is 14.2. The second kappa shape index (κ2) is 10.2.